The van der Waals surface area contributed by atoms with Crippen molar-refractivity contribution in [1.29, 1.82) is 0 Å². The zero-order valence-electron chi connectivity index (χ0n) is 13.6. The summed E-state index contributed by atoms with van der Waals surface area (Å²) in [5.74, 6) is 1.97. The number of hydrogen-bond acceptors (Lipinski definition) is 4. The van der Waals surface area contributed by atoms with E-state index < -0.39 is 0 Å². The van der Waals surface area contributed by atoms with Gasteiger partial charge in [0.15, 0.2) is 0 Å². The first-order valence-electron chi connectivity index (χ1n) is 7.58. The molecule has 0 saturated heterocycles. The first kappa shape index (κ1) is 15.7. The lowest BCUT2D eigenvalue weighted by Crippen LogP contribution is -2.24. The molecule has 4 heteroatoms. The van der Waals surface area contributed by atoms with E-state index in [1.165, 1.54) is 12.0 Å². The van der Waals surface area contributed by atoms with Gasteiger partial charge in [-0.05, 0) is 51.9 Å². The normalized spacial score (nSPS) is 13.1. The maximum absolute atomic E-state index is 5.84. The van der Waals surface area contributed by atoms with Crippen LogP contribution in [0.25, 0.3) is 11.5 Å². The molecular weight excluding hydrogens is 262 g/mol. The van der Waals surface area contributed by atoms with Crippen LogP contribution in [0, 0.1) is 12.8 Å². The van der Waals surface area contributed by atoms with Crippen molar-refractivity contribution in [1.82, 2.24) is 15.1 Å². The van der Waals surface area contributed by atoms with Crippen LogP contribution >= 0.6 is 0 Å². The van der Waals surface area contributed by atoms with Crippen molar-refractivity contribution in [3.05, 3.63) is 35.7 Å². The quantitative estimate of drug-likeness (QED) is 0.802. The van der Waals surface area contributed by atoms with E-state index in [9.17, 15) is 0 Å². The summed E-state index contributed by atoms with van der Waals surface area (Å²) in [7, 11) is 2.10. The maximum atomic E-state index is 5.84. The van der Waals surface area contributed by atoms with Gasteiger partial charge in [-0.25, -0.2) is 0 Å². The molecule has 1 atom stereocenters. The first-order valence-corrected chi connectivity index (χ1v) is 7.58. The molecule has 0 N–H and O–H groups in total. The third-order valence-electron chi connectivity index (χ3n) is 3.82. The fourth-order valence-electron chi connectivity index (χ4n) is 2.06. The molecule has 0 saturated carbocycles. The van der Waals surface area contributed by atoms with Crippen molar-refractivity contribution in [3.8, 4) is 11.5 Å². The van der Waals surface area contributed by atoms with E-state index in [1.807, 2.05) is 12.1 Å². The van der Waals surface area contributed by atoms with Crippen LogP contribution < -0.4 is 0 Å². The minimum Gasteiger partial charge on any atom is -0.419 e. The Balaban J connectivity index is 2.06. The van der Waals surface area contributed by atoms with Gasteiger partial charge in [0.25, 0.3) is 0 Å². The van der Waals surface area contributed by atoms with E-state index in [1.54, 1.807) is 0 Å². The van der Waals surface area contributed by atoms with E-state index in [0.29, 0.717) is 17.7 Å². The van der Waals surface area contributed by atoms with Crippen molar-refractivity contribution >= 4 is 0 Å². The average Bonchev–Trinajstić information content (AvgIpc) is 2.94. The summed E-state index contributed by atoms with van der Waals surface area (Å²) in [4.78, 5) is 2.26. The molecule has 0 amide bonds. The first-order chi connectivity index (χ1) is 9.97. The molecule has 0 bridgehead atoms. The van der Waals surface area contributed by atoms with E-state index >= 15 is 0 Å². The van der Waals surface area contributed by atoms with E-state index in [2.05, 4.69) is 62.0 Å². The molecule has 0 aliphatic heterocycles. The zero-order valence-corrected chi connectivity index (χ0v) is 13.6. The Labute approximate surface area is 127 Å². The summed E-state index contributed by atoms with van der Waals surface area (Å²) in [6, 6.07) is 8.27. The lowest BCUT2D eigenvalue weighted by atomic mass is 10.1. The molecule has 1 aromatic heterocycles. The maximum Gasteiger partial charge on any atom is 0.247 e. The lowest BCUT2D eigenvalue weighted by molar-refractivity contribution is 0.214. The Kier molecular flexibility index (Phi) is 5.12. The highest BCUT2D eigenvalue weighted by molar-refractivity contribution is 5.52. The summed E-state index contributed by atoms with van der Waals surface area (Å²) in [6.45, 7) is 9.67. The van der Waals surface area contributed by atoms with Crippen LogP contribution in [0.2, 0.25) is 0 Å². The lowest BCUT2D eigenvalue weighted by Gasteiger charge is -2.22. The molecule has 1 aromatic carbocycles. The van der Waals surface area contributed by atoms with Gasteiger partial charge in [-0.1, -0.05) is 31.5 Å². The van der Waals surface area contributed by atoms with Crippen LogP contribution in [0.4, 0.5) is 0 Å². The van der Waals surface area contributed by atoms with Gasteiger partial charge < -0.3 is 4.42 Å². The molecule has 0 aliphatic rings. The Morgan fingerprint density at radius 2 is 1.76 bits per heavy atom. The molecular formula is C17H25N3O. The molecule has 0 aliphatic carbocycles. The third-order valence-corrected chi connectivity index (χ3v) is 3.82. The van der Waals surface area contributed by atoms with Crippen molar-refractivity contribution < 1.29 is 4.42 Å². The Bertz CT molecular complexity index is 560. The number of aryl methyl sites for hydroxylation is 1. The Hall–Kier alpha value is -1.68. The van der Waals surface area contributed by atoms with Crippen LogP contribution in [0.5, 0.6) is 0 Å². The second kappa shape index (κ2) is 6.85. The van der Waals surface area contributed by atoms with E-state index in [-0.39, 0.29) is 6.04 Å². The predicted octanol–water partition coefficient (Wildman–Crippen LogP) is 4.08. The average molecular weight is 287 g/mol. The van der Waals surface area contributed by atoms with Gasteiger partial charge >= 0.3 is 0 Å². The van der Waals surface area contributed by atoms with Crippen molar-refractivity contribution in [3.63, 3.8) is 0 Å². The van der Waals surface area contributed by atoms with Gasteiger partial charge in [-0.2, -0.15) is 0 Å². The molecule has 1 unspecified atom stereocenters. The topological polar surface area (TPSA) is 42.2 Å². The molecule has 2 rings (SSSR count). The van der Waals surface area contributed by atoms with Gasteiger partial charge in [0.2, 0.25) is 11.8 Å². The largest absolute Gasteiger partial charge is 0.419 e. The molecule has 1 heterocycles. The number of nitrogens with zero attached hydrogens (tertiary/aromatic N) is 3. The highest BCUT2D eigenvalue weighted by Gasteiger charge is 2.19. The number of hydrogen-bond donors (Lipinski definition) is 0. The molecule has 114 valence electrons. The van der Waals surface area contributed by atoms with E-state index in [4.69, 9.17) is 4.42 Å². The van der Waals surface area contributed by atoms with Gasteiger partial charge in [0.05, 0.1) is 6.04 Å². The van der Waals surface area contributed by atoms with Crippen molar-refractivity contribution in [2.75, 3.05) is 13.6 Å². The predicted molar refractivity (Wildman–Crippen MR) is 85.0 cm³/mol. The van der Waals surface area contributed by atoms with Crippen LogP contribution in [0.3, 0.4) is 0 Å². The number of aromatic nitrogens is 2. The highest BCUT2D eigenvalue weighted by Crippen LogP contribution is 2.23. The monoisotopic (exact) mass is 287 g/mol. The second-order valence-corrected chi connectivity index (χ2v) is 6.15. The molecule has 0 radical (unpaired) electrons. The van der Waals surface area contributed by atoms with Crippen molar-refractivity contribution in [2.45, 2.75) is 40.2 Å². The third kappa shape index (κ3) is 4.14. The smallest absolute Gasteiger partial charge is 0.247 e. The van der Waals surface area contributed by atoms with Gasteiger partial charge in [0.1, 0.15) is 0 Å². The SMILES string of the molecule is Cc1ccc(-c2nnc(C(C)N(C)CCC(C)C)o2)cc1. The molecule has 2 aromatic rings. The molecule has 0 spiro atoms. The standard InChI is InChI=1S/C17H25N3O/c1-12(2)10-11-20(5)14(4)16-18-19-17(21-16)15-8-6-13(3)7-9-15/h6-9,12,14H,10-11H2,1-5H3. The van der Waals surface area contributed by atoms with Crippen LogP contribution in [0.1, 0.15) is 44.7 Å². The summed E-state index contributed by atoms with van der Waals surface area (Å²) in [6.07, 6.45) is 1.17. The highest BCUT2D eigenvalue weighted by atomic mass is 16.4. The van der Waals surface area contributed by atoms with Gasteiger partial charge in [-0.15, -0.1) is 10.2 Å². The van der Waals surface area contributed by atoms with Gasteiger partial charge in [0, 0.05) is 5.56 Å². The molecule has 4 nitrogen and oxygen atoms in total. The second-order valence-electron chi connectivity index (χ2n) is 6.15. The minimum atomic E-state index is 0.135. The Morgan fingerprint density at radius 1 is 1.10 bits per heavy atom. The summed E-state index contributed by atoms with van der Waals surface area (Å²) >= 11 is 0. The fraction of sp³-hybridized carbons (Fsp3) is 0.529. The summed E-state index contributed by atoms with van der Waals surface area (Å²) < 4.78 is 5.84. The van der Waals surface area contributed by atoms with Crippen LogP contribution in [-0.4, -0.2) is 28.7 Å². The van der Waals surface area contributed by atoms with Gasteiger partial charge in [-0.3, -0.25) is 4.90 Å². The zero-order chi connectivity index (χ0) is 15.4. The Morgan fingerprint density at radius 3 is 2.38 bits per heavy atom. The number of rotatable bonds is 6. The molecule has 21 heavy (non-hydrogen) atoms. The summed E-state index contributed by atoms with van der Waals surface area (Å²) in [5, 5.41) is 8.38. The van der Waals surface area contributed by atoms with E-state index in [0.717, 1.165) is 12.1 Å². The molecule has 0 fully saturated rings. The number of benzene rings is 1. The van der Waals surface area contributed by atoms with Crippen molar-refractivity contribution in [2.24, 2.45) is 5.92 Å². The summed E-state index contributed by atoms with van der Waals surface area (Å²) in [5.41, 5.74) is 2.19. The van der Waals surface area contributed by atoms with Crippen LogP contribution in [0.15, 0.2) is 28.7 Å². The van der Waals surface area contributed by atoms with Crippen LogP contribution in [-0.2, 0) is 0 Å². The minimum absolute atomic E-state index is 0.135. The fourth-order valence-corrected chi connectivity index (χ4v) is 2.06.